The molecule has 0 amide bonds. The fraction of sp³-hybridized carbons (Fsp3) is 0.0870. The van der Waals surface area contributed by atoms with Crippen molar-refractivity contribution in [1.82, 2.24) is 19.1 Å². The third kappa shape index (κ3) is 2.56. The molecule has 146 valence electrons. The van der Waals surface area contributed by atoms with Gasteiger partial charge in [0.25, 0.3) is 0 Å². The van der Waals surface area contributed by atoms with Crippen LogP contribution in [0.1, 0.15) is 17.6 Å². The van der Waals surface area contributed by atoms with Crippen molar-refractivity contribution < 1.29 is 0 Å². The number of aliphatic imine (C=N–C) groups is 1. The normalized spacial score (nSPS) is 15.7. The molecule has 0 saturated carbocycles. The Bertz CT molecular complexity index is 1410. The van der Waals surface area contributed by atoms with Crippen LogP contribution in [-0.4, -0.2) is 25.1 Å². The number of guanidine groups is 1. The van der Waals surface area contributed by atoms with Crippen molar-refractivity contribution in [1.29, 1.82) is 0 Å². The standard InChI is InChI=1S/C23H19N7/c24-22-27-21(30-19-13-7-5-11-17(19)26-23(30)28-22)20-25-16-10-4-6-12-18(16)29(20)14-15-8-2-1-3-9-15/h1-13,21H,14H2,(H3,24,26,27,28). The molecule has 1 atom stereocenters. The van der Waals surface area contributed by atoms with E-state index in [1.165, 1.54) is 5.56 Å². The van der Waals surface area contributed by atoms with Gasteiger partial charge in [-0.2, -0.15) is 0 Å². The number of benzene rings is 3. The number of nitrogens with two attached hydrogens (primary N) is 1. The first-order valence-corrected chi connectivity index (χ1v) is 9.84. The lowest BCUT2D eigenvalue weighted by atomic mass is 10.2. The van der Waals surface area contributed by atoms with Gasteiger partial charge in [0.2, 0.25) is 5.95 Å². The summed E-state index contributed by atoms with van der Waals surface area (Å²) in [5.41, 5.74) is 11.2. The summed E-state index contributed by atoms with van der Waals surface area (Å²) in [6.07, 6.45) is -0.412. The Morgan fingerprint density at radius 1 is 0.800 bits per heavy atom. The van der Waals surface area contributed by atoms with Crippen LogP contribution in [0.25, 0.3) is 22.1 Å². The topological polar surface area (TPSA) is 86.0 Å². The van der Waals surface area contributed by atoms with E-state index in [1.807, 2.05) is 48.5 Å². The minimum atomic E-state index is -0.412. The number of anilines is 1. The van der Waals surface area contributed by atoms with Crippen molar-refractivity contribution in [3.05, 3.63) is 90.3 Å². The van der Waals surface area contributed by atoms with Crippen LogP contribution in [0.15, 0.2) is 83.9 Å². The fourth-order valence-electron chi connectivity index (χ4n) is 4.11. The van der Waals surface area contributed by atoms with Crippen molar-refractivity contribution in [2.24, 2.45) is 10.7 Å². The number of nitrogens with zero attached hydrogens (tertiary/aromatic N) is 5. The number of para-hydroxylation sites is 4. The van der Waals surface area contributed by atoms with Crippen molar-refractivity contribution in [2.45, 2.75) is 12.7 Å². The van der Waals surface area contributed by atoms with Crippen LogP contribution in [0, 0.1) is 0 Å². The van der Waals surface area contributed by atoms with Crippen LogP contribution < -0.4 is 11.1 Å². The highest BCUT2D eigenvalue weighted by Gasteiger charge is 2.29. The molecule has 1 unspecified atom stereocenters. The number of hydrogen-bond acceptors (Lipinski definition) is 5. The summed E-state index contributed by atoms with van der Waals surface area (Å²) in [5, 5.41) is 3.09. The van der Waals surface area contributed by atoms with Gasteiger partial charge < -0.3 is 10.3 Å². The number of nitrogens with one attached hydrogen (secondary N) is 1. The molecule has 0 fully saturated rings. The second-order valence-corrected chi connectivity index (χ2v) is 7.34. The van der Waals surface area contributed by atoms with Crippen molar-refractivity contribution >= 4 is 34.0 Å². The zero-order valence-electron chi connectivity index (χ0n) is 16.1. The van der Waals surface area contributed by atoms with E-state index in [1.54, 1.807) is 0 Å². The van der Waals surface area contributed by atoms with E-state index < -0.39 is 6.17 Å². The largest absolute Gasteiger partial charge is 0.370 e. The predicted octanol–water partition coefficient (Wildman–Crippen LogP) is 3.72. The summed E-state index contributed by atoms with van der Waals surface area (Å²) in [6.45, 7) is 0.692. The Labute approximate surface area is 172 Å². The Morgan fingerprint density at radius 2 is 1.47 bits per heavy atom. The first-order chi connectivity index (χ1) is 14.8. The number of imidazole rings is 2. The number of rotatable bonds is 3. The van der Waals surface area contributed by atoms with E-state index in [-0.39, 0.29) is 0 Å². The zero-order valence-corrected chi connectivity index (χ0v) is 16.1. The Morgan fingerprint density at radius 3 is 2.27 bits per heavy atom. The van der Waals surface area contributed by atoms with Crippen LogP contribution in [-0.2, 0) is 6.54 Å². The first kappa shape index (κ1) is 16.8. The van der Waals surface area contributed by atoms with Gasteiger partial charge in [-0.3, -0.25) is 9.88 Å². The SMILES string of the molecule is NC1=NC(c2nc3ccccc3n2Cc2ccccc2)n2c(nc3ccccc32)N1. The molecule has 0 saturated heterocycles. The Kier molecular flexibility index (Phi) is 3.61. The molecule has 3 N–H and O–H groups in total. The highest BCUT2D eigenvalue weighted by molar-refractivity contribution is 5.94. The molecular weight excluding hydrogens is 374 g/mol. The average molecular weight is 393 g/mol. The lowest BCUT2D eigenvalue weighted by molar-refractivity contribution is 0.558. The zero-order chi connectivity index (χ0) is 20.1. The summed E-state index contributed by atoms with van der Waals surface area (Å²) >= 11 is 0. The third-order valence-corrected chi connectivity index (χ3v) is 5.44. The van der Waals surface area contributed by atoms with Gasteiger partial charge in [0.05, 0.1) is 22.1 Å². The molecule has 0 radical (unpaired) electrons. The summed E-state index contributed by atoms with van der Waals surface area (Å²) in [6, 6.07) is 26.5. The van der Waals surface area contributed by atoms with E-state index in [0.29, 0.717) is 18.5 Å². The van der Waals surface area contributed by atoms with Gasteiger partial charge in [-0.15, -0.1) is 0 Å². The molecule has 3 heterocycles. The van der Waals surface area contributed by atoms with Crippen molar-refractivity contribution in [2.75, 3.05) is 5.32 Å². The lowest BCUT2D eigenvalue weighted by Gasteiger charge is -2.24. The van der Waals surface area contributed by atoms with Gasteiger partial charge >= 0.3 is 0 Å². The summed E-state index contributed by atoms with van der Waals surface area (Å²) < 4.78 is 4.28. The molecule has 0 bridgehead atoms. The summed E-state index contributed by atoms with van der Waals surface area (Å²) in [4.78, 5) is 14.4. The molecule has 0 aliphatic carbocycles. The average Bonchev–Trinajstić information content (AvgIpc) is 3.32. The highest BCUT2D eigenvalue weighted by Crippen LogP contribution is 2.33. The predicted molar refractivity (Wildman–Crippen MR) is 118 cm³/mol. The van der Waals surface area contributed by atoms with Gasteiger partial charge in [-0.05, 0) is 29.8 Å². The van der Waals surface area contributed by atoms with Crippen LogP contribution in [0.4, 0.5) is 5.95 Å². The van der Waals surface area contributed by atoms with Gasteiger partial charge in [0.15, 0.2) is 17.9 Å². The van der Waals surface area contributed by atoms with Crippen molar-refractivity contribution in [3.63, 3.8) is 0 Å². The second kappa shape index (κ2) is 6.45. The van der Waals surface area contributed by atoms with Crippen LogP contribution in [0.3, 0.4) is 0 Å². The lowest BCUT2D eigenvalue weighted by Crippen LogP contribution is -2.32. The molecule has 3 aromatic carbocycles. The smallest absolute Gasteiger partial charge is 0.212 e. The molecular formula is C23H19N7. The monoisotopic (exact) mass is 393 g/mol. The molecule has 2 aromatic heterocycles. The van der Waals surface area contributed by atoms with E-state index >= 15 is 0 Å². The molecule has 1 aliphatic rings. The van der Waals surface area contributed by atoms with Gasteiger partial charge in [-0.25, -0.2) is 15.0 Å². The summed E-state index contributed by atoms with van der Waals surface area (Å²) in [7, 11) is 0. The fourth-order valence-corrected chi connectivity index (χ4v) is 4.11. The van der Waals surface area contributed by atoms with E-state index in [2.05, 4.69) is 44.8 Å². The van der Waals surface area contributed by atoms with Crippen LogP contribution in [0.2, 0.25) is 0 Å². The van der Waals surface area contributed by atoms with E-state index in [0.717, 1.165) is 27.9 Å². The molecule has 30 heavy (non-hydrogen) atoms. The molecule has 6 rings (SSSR count). The Balaban J connectivity index is 1.60. The number of fused-ring (bicyclic) bond motifs is 4. The minimum Gasteiger partial charge on any atom is -0.370 e. The molecule has 7 nitrogen and oxygen atoms in total. The maximum absolute atomic E-state index is 6.14. The first-order valence-electron chi connectivity index (χ1n) is 9.84. The van der Waals surface area contributed by atoms with Gasteiger partial charge in [0, 0.05) is 6.54 Å². The van der Waals surface area contributed by atoms with Gasteiger partial charge in [0.1, 0.15) is 0 Å². The molecule has 1 aliphatic heterocycles. The third-order valence-electron chi connectivity index (χ3n) is 5.44. The molecule has 0 spiro atoms. The van der Waals surface area contributed by atoms with E-state index in [9.17, 15) is 0 Å². The van der Waals surface area contributed by atoms with Gasteiger partial charge in [-0.1, -0.05) is 54.6 Å². The van der Waals surface area contributed by atoms with E-state index in [4.69, 9.17) is 20.7 Å². The highest BCUT2D eigenvalue weighted by atomic mass is 15.4. The maximum Gasteiger partial charge on any atom is 0.212 e. The number of aromatic nitrogens is 4. The van der Waals surface area contributed by atoms with Crippen molar-refractivity contribution in [3.8, 4) is 0 Å². The quantitative estimate of drug-likeness (QED) is 0.489. The molecule has 5 aromatic rings. The summed E-state index contributed by atoms with van der Waals surface area (Å²) in [5.74, 6) is 1.84. The minimum absolute atomic E-state index is 0.334. The van der Waals surface area contributed by atoms with Crippen LogP contribution in [0.5, 0.6) is 0 Å². The number of hydrogen-bond donors (Lipinski definition) is 2. The molecule has 7 heteroatoms. The van der Waals surface area contributed by atoms with Crippen LogP contribution >= 0.6 is 0 Å². The maximum atomic E-state index is 6.14. The Hall–Kier alpha value is -4.13. The second-order valence-electron chi connectivity index (χ2n) is 7.34.